The minimum Gasteiger partial charge on any atom is -0.340 e. The van der Waals surface area contributed by atoms with Crippen LogP contribution in [0.4, 0.5) is 36.3 Å². The molecule has 1 aliphatic rings. The van der Waals surface area contributed by atoms with E-state index in [1.807, 2.05) is 12.1 Å². The molecule has 8 heteroatoms. The summed E-state index contributed by atoms with van der Waals surface area (Å²) in [6.45, 7) is 0. The fourth-order valence-electron chi connectivity index (χ4n) is 3.64. The van der Waals surface area contributed by atoms with Crippen molar-refractivity contribution in [2.45, 2.75) is 37.8 Å². The summed E-state index contributed by atoms with van der Waals surface area (Å²) >= 11 is 5.86. The van der Waals surface area contributed by atoms with Gasteiger partial charge in [0, 0.05) is 22.6 Å². The van der Waals surface area contributed by atoms with Crippen LogP contribution in [0.5, 0.6) is 0 Å². The molecule has 0 amide bonds. The first kappa shape index (κ1) is 20.5. The van der Waals surface area contributed by atoms with Crippen LogP contribution in [0.3, 0.4) is 0 Å². The Morgan fingerprint density at radius 3 is 2.10 bits per heavy atom. The predicted molar refractivity (Wildman–Crippen MR) is 113 cm³/mol. The van der Waals surface area contributed by atoms with Gasteiger partial charge in [0.25, 0.3) is 0 Å². The Kier molecular flexibility index (Phi) is 5.81. The number of nitrogens with one attached hydrogen (secondary N) is 2. The van der Waals surface area contributed by atoms with E-state index >= 15 is 0 Å². The first-order valence-corrected chi connectivity index (χ1v) is 10.1. The number of hydrogen-bond donors (Lipinski definition) is 2. The van der Waals surface area contributed by atoms with Gasteiger partial charge < -0.3 is 10.6 Å². The van der Waals surface area contributed by atoms with E-state index in [0.717, 1.165) is 19.0 Å². The lowest BCUT2D eigenvalue weighted by Crippen LogP contribution is -2.12. The molecule has 2 aromatic carbocycles. The zero-order valence-electron chi connectivity index (χ0n) is 16.0. The Labute approximate surface area is 177 Å². The smallest absolute Gasteiger partial charge is 0.340 e. The third-order valence-electron chi connectivity index (χ3n) is 5.19. The van der Waals surface area contributed by atoms with Gasteiger partial charge in [-0.1, -0.05) is 36.6 Å². The summed E-state index contributed by atoms with van der Waals surface area (Å²) in [5, 5.41) is 6.25. The van der Waals surface area contributed by atoms with Gasteiger partial charge >= 0.3 is 6.18 Å². The number of alkyl halides is 3. The van der Waals surface area contributed by atoms with Gasteiger partial charge in [-0.3, -0.25) is 0 Å². The number of anilines is 4. The van der Waals surface area contributed by atoms with Crippen LogP contribution in [-0.2, 0) is 6.18 Å². The highest BCUT2D eigenvalue weighted by Crippen LogP contribution is 2.37. The lowest BCUT2D eigenvalue weighted by Gasteiger charge is -2.16. The number of benzene rings is 2. The molecule has 0 bridgehead atoms. The summed E-state index contributed by atoms with van der Waals surface area (Å²) in [4.78, 5) is 7.88. The zero-order chi connectivity index (χ0) is 21.1. The van der Waals surface area contributed by atoms with Gasteiger partial charge in [0.2, 0.25) is 5.95 Å². The maximum absolute atomic E-state index is 13.5. The molecule has 0 atom stereocenters. The molecule has 1 fully saturated rings. The van der Waals surface area contributed by atoms with E-state index in [9.17, 15) is 13.2 Å². The van der Waals surface area contributed by atoms with Gasteiger partial charge in [-0.05, 0) is 60.7 Å². The molecule has 2 N–H and O–H groups in total. The number of halogens is 4. The Balaban J connectivity index is 1.58. The van der Waals surface area contributed by atoms with Crippen LogP contribution >= 0.6 is 11.6 Å². The second kappa shape index (κ2) is 8.52. The topological polar surface area (TPSA) is 49.8 Å². The molecule has 3 aromatic rings. The normalized spacial score (nSPS) is 14.7. The molecule has 4 rings (SSSR count). The largest absolute Gasteiger partial charge is 0.421 e. The van der Waals surface area contributed by atoms with Crippen molar-refractivity contribution in [2.75, 3.05) is 10.6 Å². The quantitative estimate of drug-likeness (QED) is 0.444. The van der Waals surface area contributed by atoms with Gasteiger partial charge in [-0.25, -0.2) is 4.98 Å². The molecule has 30 heavy (non-hydrogen) atoms. The van der Waals surface area contributed by atoms with Crippen LogP contribution in [0.15, 0.2) is 54.7 Å². The summed E-state index contributed by atoms with van der Waals surface area (Å²) in [6.07, 6.45) is 0.979. The molecular formula is C22H20ClF3N4. The minimum absolute atomic E-state index is 0.0513. The van der Waals surface area contributed by atoms with Gasteiger partial charge in [0.05, 0.1) is 0 Å². The molecule has 0 spiro atoms. The van der Waals surface area contributed by atoms with Crippen molar-refractivity contribution in [1.29, 1.82) is 0 Å². The fourth-order valence-corrected chi connectivity index (χ4v) is 3.77. The monoisotopic (exact) mass is 432 g/mol. The number of nitrogens with zero attached hydrogens (tertiary/aromatic N) is 2. The van der Waals surface area contributed by atoms with E-state index in [4.69, 9.17) is 11.6 Å². The first-order valence-electron chi connectivity index (χ1n) is 9.72. The van der Waals surface area contributed by atoms with Gasteiger partial charge in [0.15, 0.2) is 0 Å². The second-order valence-electron chi connectivity index (χ2n) is 7.31. The summed E-state index contributed by atoms with van der Waals surface area (Å²) in [5.41, 5.74) is 1.45. The minimum atomic E-state index is -4.58. The van der Waals surface area contributed by atoms with Gasteiger partial charge in [-0.2, -0.15) is 18.2 Å². The summed E-state index contributed by atoms with van der Waals surface area (Å²) in [5.74, 6) is 0.289. The first-order chi connectivity index (χ1) is 14.4. The molecule has 1 aliphatic carbocycles. The van der Waals surface area contributed by atoms with E-state index in [-0.39, 0.29) is 11.8 Å². The average molecular weight is 433 g/mol. The van der Waals surface area contributed by atoms with Gasteiger partial charge in [-0.15, -0.1) is 0 Å². The molecule has 1 aromatic heterocycles. The van der Waals surface area contributed by atoms with Crippen molar-refractivity contribution in [3.63, 3.8) is 0 Å². The average Bonchev–Trinajstić information content (AvgIpc) is 3.24. The highest BCUT2D eigenvalue weighted by Gasteiger charge is 2.35. The Morgan fingerprint density at radius 2 is 1.47 bits per heavy atom. The third-order valence-corrected chi connectivity index (χ3v) is 5.45. The Hall–Kier alpha value is -2.80. The van der Waals surface area contributed by atoms with E-state index < -0.39 is 11.7 Å². The van der Waals surface area contributed by atoms with Crippen LogP contribution in [-0.4, -0.2) is 9.97 Å². The van der Waals surface area contributed by atoms with Crippen LogP contribution in [0.2, 0.25) is 5.02 Å². The molecule has 0 unspecified atom stereocenters. The van der Waals surface area contributed by atoms with Crippen molar-refractivity contribution in [2.24, 2.45) is 0 Å². The molecule has 1 heterocycles. The summed E-state index contributed by atoms with van der Waals surface area (Å²) in [6, 6.07) is 14.2. The van der Waals surface area contributed by atoms with Crippen LogP contribution in [0, 0.1) is 0 Å². The maximum Gasteiger partial charge on any atom is 0.421 e. The third kappa shape index (κ3) is 4.84. The Bertz CT molecular complexity index is 998. The number of rotatable bonds is 5. The number of hydrogen-bond acceptors (Lipinski definition) is 4. The van der Waals surface area contributed by atoms with Crippen molar-refractivity contribution in [3.8, 4) is 0 Å². The van der Waals surface area contributed by atoms with E-state index in [2.05, 4.69) is 20.6 Å². The molecular weight excluding hydrogens is 413 g/mol. The van der Waals surface area contributed by atoms with Crippen molar-refractivity contribution >= 4 is 34.7 Å². The molecule has 156 valence electrons. The van der Waals surface area contributed by atoms with Crippen molar-refractivity contribution in [3.05, 3.63) is 70.9 Å². The van der Waals surface area contributed by atoms with Gasteiger partial charge in [0.1, 0.15) is 11.4 Å². The molecule has 0 saturated heterocycles. The molecule has 0 aliphatic heterocycles. The fraction of sp³-hybridized carbons (Fsp3) is 0.273. The predicted octanol–water partition coefficient (Wildman–Crippen LogP) is 7.29. The Morgan fingerprint density at radius 1 is 0.867 bits per heavy atom. The SMILES string of the molecule is FC(F)(F)c1cnc(Nc2ccc(Cl)cc2)nc1Nc1ccc(C2CCCC2)cc1. The standard InChI is InChI=1S/C22H20ClF3N4/c23-16-7-11-18(12-8-16)29-21-27-13-19(22(24,25)26)20(30-21)28-17-9-5-15(6-10-17)14-3-1-2-4-14/h5-14H,1-4H2,(H2,27,28,29,30). The lowest BCUT2D eigenvalue weighted by atomic mass is 9.97. The maximum atomic E-state index is 13.5. The van der Waals surface area contributed by atoms with E-state index in [1.54, 1.807) is 36.4 Å². The van der Waals surface area contributed by atoms with Crippen molar-refractivity contribution in [1.82, 2.24) is 9.97 Å². The van der Waals surface area contributed by atoms with E-state index in [0.29, 0.717) is 22.3 Å². The zero-order valence-corrected chi connectivity index (χ0v) is 16.8. The highest BCUT2D eigenvalue weighted by atomic mass is 35.5. The number of aromatic nitrogens is 2. The van der Waals surface area contributed by atoms with Crippen molar-refractivity contribution < 1.29 is 13.2 Å². The molecule has 1 saturated carbocycles. The van der Waals surface area contributed by atoms with Crippen LogP contribution < -0.4 is 10.6 Å². The lowest BCUT2D eigenvalue weighted by molar-refractivity contribution is -0.137. The second-order valence-corrected chi connectivity index (χ2v) is 7.75. The molecule has 0 radical (unpaired) electrons. The molecule has 4 nitrogen and oxygen atoms in total. The summed E-state index contributed by atoms with van der Waals surface area (Å²) in [7, 11) is 0. The summed E-state index contributed by atoms with van der Waals surface area (Å²) < 4.78 is 40.4. The van der Waals surface area contributed by atoms with Crippen LogP contribution in [0.25, 0.3) is 0 Å². The van der Waals surface area contributed by atoms with E-state index in [1.165, 1.54) is 18.4 Å². The highest BCUT2D eigenvalue weighted by molar-refractivity contribution is 6.30. The van der Waals surface area contributed by atoms with Crippen LogP contribution in [0.1, 0.15) is 42.7 Å².